The fourth-order valence-electron chi connectivity index (χ4n) is 3.03. The summed E-state index contributed by atoms with van der Waals surface area (Å²) in [6.45, 7) is 4.76. The number of amides is 1. The van der Waals surface area contributed by atoms with Gasteiger partial charge in [0, 0.05) is 11.7 Å². The first-order valence-corrected chi connectivity index (χ1v) is 7.84. The van der Waals surface area contributed by atoms with Crippen LogP contribution in [0.25, 0.3) is 0 Å². The van der Waals surface area contributed by atoms with Crippen molar-refractivity contribution in [3.63, 3.8) is 0 Å². The summed E-state index contributed by atoms with van der Waals surface area (Å²) in [6.07, 6.45) is 2.48. The fraction of sp³-hybridized carbons (Fsp3) is 0.529. The second-order valence-electron chi connectivity index (χ2n) is 6.01. The number of likely N-dealkylation sites (tertiary alicyclic amines) is 1. The van der Waals surface area contributed by atoms with Crippen LogP contribution in [-0.2, 0) is 9.59 Å². The number of carboxylic acids is 1. The summed E-state index contributed by atoms with van der Waals surface area (Å²) in [5.74, 6) is -0.877. The third-order valence-corrected chi connectivity index (χ3v) is 4.06. The highest BCUT2D eigenvalue weighted by Gasteiger charge is 2.31. The lowest BCUT2D eigenvalue weighted by Gasteiger charge is -2.35. The molecule has 1 N–H and O–H groups in total. The zero-order valence-corrected chi connectivity index (χ0v) is 14.5. The number of aliphatic carboxylic acids is 1. The number of piperidine rings is 1. The van der Waals surface area contributed by atoms with Crippen molar-refractivity contribution in [2.24, 2.45) is 0 Å². The van der Waals surface area contributed by atoms with Gasteiger partial charge in [0.25, 0.3) is 0 Å². The number of rotatable bonds is 5. The van der Waals surface area contributed by atoms with Gasteiger partial charge in [-0.15, -0.1) is 12.4 Å². The van der Waals surface area contributed by atoms with Crippen molar-refractivity contribution >= 4 is 30.0 Å². The van der Waals surface area contributed by atoms with Crippen LogP contribution >= 0.6 is 12.4 Å². The fourth-order valence-corrected chi connectivity index (χ4v) is 3.03. The number of anilines is 1. The van der Waals surface area contributed by atoms with Crippen LogP contribution in [0, 0.1) is 0 Å². The number of nitrogens with zero attached hydrogens (tertiary/aromatic N) is 2. The van der Waals surface area contributed by atoms with E-state index in [-0.39, 0.29) is 30.9 Å². The van der Waals surface area contributed by atoms with Crippen molar-refractivity contribution < 1.29 is 14.7 Å². The summed E-state index contributed by atoms with van der Waals surface area (Å²) in [4.78, 5) is 27.6. The van der Waals surface area contributed by atoms with E-state index in [9.17, 15) is 14.7 Å². The Kier molecular flexibility index (Phi) is 7.52. The molecule has 1 aliphatic rings. The van der Waals surface area contributed by atoms with E-state index in [0.717, 1.165) is 18.5 Å². The monoisotopic (exact) mass is 340 g/mol. The van der Waals surface area contributed by atoms with Crippen LogP contribution in [0.5, 0.6) is 0 Å². The Balaban J connectivity index is 0.00000264. The van der Waals surface area contributed by atoms with Crippen LogP contribution in [0.3, 0.4) is 0 Å². The molecule has 0 saturated carbocycles. The van der Waals surface area contributed by atoms with E-state index >= 15 is 0 Å². The molecule has 1 aromatic rings. The van der Waals surface area contributed by atoms with Crippen LogP contribution < -0.4 is 4.90 Å². The van der Waals surface area contributed by atoms with Crippen LogP contribution in [0.15, 0.2) is 30.3 Å². The topological polar surface area (TPSA) is 60.9 Å². The van der Waals surface area contributed by atoms with Crippen LogP contribution in [0.2, 0.25) is 0 Å². The van der Waals surface area contributed by atoms with Gasteiger partial charge in [-0.25, -0.2) is 0 Å². The Morgan fingerprint density at radius 1 is 1.26 bits per heavy atom. The molecule has 0 spiro atoms. The van der Waals surface area contributed by atoms with Crippen molar-refractivity contribution in [1.29, 1.82) is 0 Å². The molecular weight excluding hydrogens is 316 g/mol. The molecule has 23 heavy (non-hydrogen) atoms. The average Bonchev–Trinajstić information content (AvgIpc) is 2.48. The highest BCUT2D eigenvalue weighted by molar-refractivity contribution is 5.95. The average molecular weight is 341 g/mol. The first kappa shape index (κ1) is 19.5. The molecule has 1 atom stereocenters. The Hall–Kier alpha value is -1.59. The molecule has 1 amide bonds. The molecule has 5 nitrogen and oxygen atoms in total. The van der Waals surface area contributed by atoms with E-state index in [0.29, 0.717) is 13.0 Å². The first-order valence-electron chi connectivity index (χ1n) is 7.84. The second-order valence-corrected chi connectivity index (χ2v) is 6.01. The molecule has 0 bridgehead atoms. The first-order chi connectivity index (χ1) is 10.5. The van der Waals surface area contributed by atoms with Crippen molar-refractivity contribution in [3.8, 4) is 0 Å². The summed E-state index contributed by atoms with van der Waals surface area (Å²) in [5, 5.41) is 9.32. The van der Waals surface area contributed by atoms with Crippen molar-refractivity contribution in [1.82, 2.24) is 4.90 Å². The molecule has 1 heterocycles. The smallest absolute Gasteiger partial charge is 0.320 e. The molecule has 2 rings (SSSR count). The van der Waals surface area contributed by atoms with Crippen LogP contribution in [-0.4, -0.2) is 47.1 Å². The minimum atomic E-state index is -0.830. The molecule has 6 heteroatoms. The standard InChI is InChI=1S/C17H24N2O3.ClH/c1-13(2)19(14-8-4-3-5-9-14)16(20)12-18-11-7-6-10-15(18)17(21)22;/h3-5,8-9,13,15H,6-7,10-12H2,1-2H3,(H,21,22);1H. The Morgan fingerprint density at radius 2 is 1.91 bits per heavy atom. The highest BCUT2D eigenvalue weighted by atomic mass is 35.5. The van der Waals surface area contributed by atoms with Gasteiger partial charge in [0.05, 0.1) is 6.54 Å². The van der Waals surface area contributed by atoms with E-state index in [1.807, 2.05) is 44.2 Å². The van der Waals surface area contributed by atoms with E-state index in [1.54, 1.807) is 9.80 Å². The SMILES string of the molecule is CC(C)N(C(=O)CN1CCCCC1C(=O)O)c1ccccc1.Cl. The normalized spacial score (nSPS) is 18.3. The summed E-state index contributed by atoms with van der Waals surface area (Å²) < 4.78 is 0. The maximum atomic E-state index is 12.7. The number of halogens is 1. The predicted molar refractivity (Wildman–Crippen MR) is 93.2 cm³/mol. The van der Waals surface area contributed by atoms with Crippen molar-refractivity contribution in [2.45, 2.75) is 45.2 Å². The summed E-state index contributed by atoms with van der Waals surface area (Å²) in [7, 11) is 0. The molecule has 0 aliphatic carbocycles. The maximum Gasteiger partial charge on any atom is 0.320 e. The van der Waals surface area contributed by atoms with Crippen molar-refractivity contribution in [3.05, 3.63) is 30.3 Å². The van der Waals surface area contributed by atoms with Crippen LogP contribution in [0.1, 0.15) is 33.1 Å². The predicted octanol–water partition coefficient (Wildman–Crippen LogP) is 2.79. The second kappa shape index (κ2) is 8.89. The quantitative estimate of drug-likeness (QED) is 0.895. The van der Waals surface area contributed by atoms with Crippen LogP contribution in [0.4, 0.5) is 5.69 Å². The van der Waals surface area contributed by atoms with E-state index in [1.165, 1.54) is 0 Å². The van der Waals surface area contributed by atoms with E-state index in [2.05, 4.69) is 0 Å². The van der Waals surface area contributed by atoms with Crippen molar-refractivity contribution in [2.75, 3.05) is 18.0 Å². The highest BCUT2D eigenvalue weighted by Crippen LogP contribution is 2.20. The molecular formula is C17H25ClN2O3. The van der Waals surface area contributed by atoms with Gasteiger partial charge in [-0.1, -0.05) is 24.6 Å². The molecule has 1 aliphatic heterocycles. The molecule has 1 fully saturated rings. The number of hydrogen-bond donors (Lipinski definition) is 1. The lowest BCUT2D eigenvalue weighted by molar-refractivity contribution is -0.145. The molecule has 128 valence electrons. The summed E-state index contributed by atoms with van der Waals surface area (Å²) >= 11 is 0. The van der Waals surface area contributed by atoms with Gasteiger partial charge in [-0.2, -0.15) is 0 Å². The van der Waals surface area contributed by atoms with E-state index in [4.69, 9.17) is 0 Å². The number of carbonyl (C=O) groups excluding carboxylic acids is 1. The molecule has 0 aromatic heterocycles. The van der Waals surface area contributed by atoms with Gasteiger partial charge >= 0.3 is 5.97 Å². The van der Waals surface area contributed by atoms with Gasteiger partial charge in [-0.3, -0.25) is 14.5 Å². The zero-order chi connectivity index (χ0) is 16.1. The molecule has 0 radical (unpaired) electrons. The summed E-state index contributed by atoms with van der Waals surface area (Å²) in [6, 6.07) is 9.02. The zero-order valence-electron chi connectivity index (χ0n) is 13.6. The largest absolute Gasteiger partial charge is 0.480 e. The Bertz CT molecular complexity index is 522. The van der Waals surface area contributed by atoms with Gasteiger partial charge in [0.2, 0.25) is 5.91 Å². The lowest BCUT2D eigenvalue weighted by atomic mass is 10.0. The Labute approximate surface area is 143 Å². The molecule has 1 aromatic carbocycles. The number of carbonyl (C=O) groups is 2. The third kappa shape index (κ3) is 4.94. The number of para-hydroxylation sites is 1. The molecule has 1 saturated heterocycles. The van der Waals surface area contributed by atoms with Gasteiger partial charge in [-0.05, 0) is 45.4 Å². The number of benzene rings is 1. The summed E-state index contributed by atoms with van der Waals surface area (Å²) in [5.41, 5.74) is 0.853. The minimum Gasteiger partial charge on any atom is -0.480 e. The van der Waals surface area contributed by atoms with Gasteiger partial charge in [0.1, 0.15) is 6.04 Å². The number of hydrogen-bond acceptors (Lipinski definition) is 3. The Morgan fingerprint density at radius 3 is 2.48 bits per heavy atom. The lowest BCUT2D eigenvalue weighted by Crippen LogP contribution is -2.51. The third-order valence-electron chi connectivity index (χ3n) is 4.06. The van der Waals surface area contributed by atoms with Gasteiger partial charge < -0.3 is 10.0 Å². The minimum absolute atomic E-state index is 0. The number of carboxylic acid groups (broad SMARTS) is 1. The molecule has 1 unspecified atom stereocenters. The van der Waals surface area contributed by atoms with E-state index < -0.39 is 12.0 Å². The van der Waals surface area contributed by atoms with Gasteiger partial charge in [0.15, 0.2) is 0 Å². The maximum absolute atomic E-state index is 12.7.